The Morgan fingerprint density at radius 2 is 1.69 bits per heavy atom. The van der Waals surface area contributed by atoms with Crippen LogP contribution < -0.4 is 10.4 Å². The van der Waals surface area contributed by atoms with Crippen LogP contribution in [0.4, 0.5) is 4.39 Å². The first-order valence-electron chi connectivity index (χ1n) is 10.9. The number of hydrogen-bond donors (Lipinski definition) is 0. The topological polar surface area (TPSA) is 12.9 Å². The van der Waals surface area contributed by atoms with Crippen molar-refractivity contribution in [3.05, 3.63) is 130 Å². The van der Waals surface area contributed by atoms with Gasteiger partial charge < -0.3 is 0 Å². The molecule has 1 nitrogen and oxygen atoms in total. The fourth-order valence-corrected chi connectivity index (χ4v) is 3.90. The average Bonchev–Trinajstić information content (AvgIpc) is 3.05. The van der Waals surface area contributed by atoms with Crippen LogP contribution in [0.5, 0.6) is 0 Å². The van der Waals surface area contributed by atoms with E-state index in [4.69, 9.17) is 0 Å². The maximum atomic E-state index is 14.3. The highest BCUT2D eigenvalue weighted by atomic mass is 19.1. The molecule has 3 aromatic rings. The largest absolute Gasteiger partial charge is 0.256 e. The Morgan fingerprint density at radius 3 is 2.47 bits per heavy atom. The maximum absolute atomic E-state index is 14.3. The van der Waals surface area contributed by atoms with Crippen molar-refractivity contribution in [1.82, 2.24) is 4.98 Å². The van der Waals surface area contributed by atoms with Gasteiger partial charge in [0.15, 0.2) is 0 Å². The molecule has 2 aromatic carbocycles. The Bertz CT molecular complexity index is 1370. The fraction of sp³-hybridized carbons (Fsp3) is 0.100. The second-order valence-corrected chi connectivity index (χ2v) is 7.63. The van der Waals surface area contributed by atoms with Crippen molar-refractivity contribution in [2.75, 3.05) is 0 Å². The number of allylic oxidation sites excluding steroid dienone is 8. The summed E-state index contributed by atoms with van der Waals surface area (Å²) in [6, 6.07) is 19.1. The van der Waals surface area contributed by atoms with Gasteiger partial charge in [-0.05, 0) is 89.4 Å². The molecule has 0 fully saturated rings. The second kappa shape index (κ2) is 10.0. The minimum atomic E-state index is -0.266. The summed E-state index contributed by atoms with van der Waals surface area (Å²) in [6.45, 7) is 4.06. The Morgan fingerprint density at radius 1 is 0.906 bits per heavy atom. The zero-order chi connectivity index (χ0) is 22.3. The number of nitrogens with zero attached hydrogens (tertiary/aromatic N) is 1. The SMILES string of the molecule is CC=C/C(=C\C(=C/C)c1ccnc(-c2ccccc2F)c1)C1=CCC=c2ccccc2=C1. The lowest BCUT2D eigenvalue weighted by Gasteiger charge is -2.10. The monoisotopic (exact) mass is 419 g/mol. The molecule has 158 valence electrons. The van der Waals surface area contributed by atoms with Crippen LogP contribution in [0.2, 0.25) is 0 Å². The van der Waals surface area contributed by atoms with E-state index in [-0.39, 0.29) is 5.82 Å². The van der Waals surface area contributed by atoms with Crippen LogP contribution in [0.15, 0.2) is 108 Å². The predicted molar refractivity (Wildman–Crippen MR) is 134 cm³/mol. The van der Waals surface area contributed by atoms with Crippen LogP contribution in [0, 0.1) is 5.82 Å². The van der Waals surface area contributed by atoms with Gasteiger partial charge in [-0.15, -0.1) is 0 Å². The van der Waals surface area contributed by atoms with Gasteiger partial charge in [-0.25, -0.2) is 4.39 Å². The number of benzene rings is 2. The van der Waals surface area contributed by atoms with Gasteiger partial charge in [0.05, 0.1) is 5.69 Å². The number of rotatable bonds is 5. The average molecular weight is 420 g/mol. The van der Waals surface area contributed by atoms with Gasteiger partial charge in [0.1, 0.15) is 5.82 Å². The summed E-state index contributed by atoms with van der Waals surface area (Å²) < 4.78 is 14.3. The van der Waals surface area contributed by atoms with E-state index in [2.05, 4.69) is 71.8 Å². The lowest BCUT2D eigenvalue weighted by molar-refractivity contribution is 0.630. The molecule has 2 heteroatoms. The van der Waals surface area contributed by atoms with Crippen molar-refractivity contribution >= 4 is 17.7 Å². The van der Waals surface area contributed by atoms with E-state index in [0.29, 0.717) is 11.3 Å². The van der Waals surface area contributed by atoms with Gasteiger partial charge in [0, 0.05) is 11.8 Å². The molecule has 0 radical (unpaired) electrons. The second-order valence-electron chi connectivity index (χ2n) is 7.63. The quantitative estimate of drug-likeness (QED) is 0.437. The van der Waals surface area contributed by atoms with Crippen LogP contribution in [-0.4, -0.2) is 4.98 Å². The Labute approximate surface area is 189 Å². The molecule has 1 aliphatic carbocycles. The molecule has 32 heavy (non-hydrogen) atoms. The van der Waals surface area contributed by atoms with Gasteiger partial charge in [-0.2, -0.15) is 0 Å². The van der Waals surface area contributed by atoms with Crippen molar-refractivity contribution in [1.29, 1.82) is 0 Å². The van der Waals surface area contributed by atoms with Crippen molar-refractivity contribution in [3.63, 3.8) is 0 Å². The van der Waals surface area contributed by atoms with Crippen LogP contribution >= 0.6 is 0 Å². The van der Waals surface area contributed by atoms with E-state index in [1.165, 1.54) is 22.1 Å². The maximum Gasteiger partial charge on any atom is 0.132 e. The lowest BCUT2D eigenvalue weighted by Crippen LogP contribution is -2.23. The number of aromatic nitrogens is 1. The van der Waals surface area contributed by atoms with Crippen molar-refractivity contribution in [2.45, 2.75) is 20.3 Å². The van der Waals surface area contributed by atoms with Gasteiger partial charge in [-0.1, -0.05) is 66.8 Å². The van der Waals surface area contributed by atoms with E-state index in [9.17, 15) is 4.39 Å². The van der Waals surface area contributed by atoms with E-state index >= 15 is 0 Å². The molecule has 0 aliphatic heterocycles. The summed E-state index contributed by atoms with van der Waals surface area (Å²) in [4.78, 5) is 4.41. The highest BCUT2D eigenvalue weighted by Gasteiger charge is 2.09. The van der Waals surface area contributed by atoms with E-state index in [0.717, 1.165) is 23.1 Å². The molecule has 0 saturated carbocycles. The van der Waals surface area contributed by atoms with E-state index in [1.54, 1.807) is 18.3 Å². The summed E-state index contributed by atoms with van der Waals surface area (Å²) in [5.41, 5.74) is 5.53. The van der Waals surface area contributed by atoms with Crippen LogP contribution in [0.3, 0.4) is 0 Å². The predicted octanol–water partition coefficient (Wildman–Crippen LogP) is 6.38. The minimum Gasteiger partial charge on any atom is -0.256 e. The minimum absolute atomic E-state index is 0.266. The van der Waals surface area contributed by atoms with E-state index < -0.39 is 0 Å². The molecule has 0 N–H and O–H groups in total. The first-order valence-corrected chi connectivity index (χ1v) is 10.9. The van der Waals surface area contributed by atoms with Gasteiger partial charge in [0.2, 0.25) is 0 Å². The standard InChI is InChI=1S/C30H26FN/c1-3-10-24(26-14-9-13-23-11-5-6-12-25(23)20-26)19-22(4-2)27-17-18-32-30(21-27)28-15-7-8-16-29(28)31/h3-8,10-21H,9H2,1-2H3/b10-3?,22-4+,24-19+. The van der Waals surface area contributed by atoms with Crippen molar-refractivity contribution in [3.8, 4) is 11.3 Å². The molecule has 1 aliphatic rings. The molecule has 0 atom stereocenters. The number of halogens is 1. The number of pyridine rings is 1. The number of hydrogen-bond acceptors (Lipinski definition) is 1. The smallest absolute Gasteiger partial charge is 0.132 e. The zero-order valence-corrected chi connectivity index (χ0v) is 18.4. The third-order valence-corrected chi connectivity index (χ3v) is 5.53. The Kier molecular flexibility index (Phi) is 6.72. The molecule has 1 aromatic heterocycles. The van der Waals surface area contributed by atoms with Crippen LogP contribution in [-0.2, 0) is 0 Å². The van der Waals surface area contributed by atoms with Crippen LogP contribution in [0.1, 0.15) is 25.8 Å². The third-order valence-electron chi connectivity index (χ3n) is 5.53. The fourth-order valence-electron chi connectivity index (χ4n) is 3.90. The zero-order valence-electron chi connectivity index (χ0n) is 18.4. The molecule has 1 heterocycles. The van der Waals surface area contributed by atoms with Crippen molar-refractivity contribution < 1.29 is 4.39 Å². The Hall–Kier alpha value is -3.78. The first-order chi connectivity index (χ1) is 15.7. The summed E-state index contributed by atoms with van der Waals surface area (Å²) in [7, 11) is 0. The highest BCUT2D eigenvalue weighted by Crippen LogP contribution is 2.27. The molecule has 0 amide bonds. The van der Waals surface area contributed by atoms with E-state index in [1.807, 2.05) is 32.0 Å². The summed E-state index contributed by atoms with van der Waals surface area (Å²) in [5.74, 6) is -0.266. The van der Waals surface area contributed by atoms with Crippen LogP contribution in [0.25, 0.3) is 29.0 Å². The molecular formula is C30H26FN. The molecule has 0 saturated heterocycles. The highest BCUT2D eigenvalue weighted by molar-refractivity contribution is 5.80. The summed E-state index contributed by atoms with van der Waals surface area (Å²) in [6.07, 6.45) is 17.9. The summed E-state index contributed by atoms with van der Waals surface area (Å²) >= 11 is 0. The van der Waals surface area contributed by atoms with Crippen molar-refractivity contribution in [2.24, 2.45) is 0 Å². The van der Waals surface area contributed by atoms with Gasteiger partial charge >= 0.3 is 0 Å². The number of fused-ring (bicyclic) bond motifs is 1. The van der Waals surface area contributed by atoms with Gasteiger partial charge in [0.25, 0.3) is 0 Å². The van der Waals surface area contributed by atoms with Gasteiger partial charge in [-0.3, -0.25) is 4.98 Å². The Balaban J connectivity index is 1.76. The molecule has 0 spiro atoms. The lowest BCUT2D eigenvalue weighted by atomic mass is 9.96. The summed E-state index contributed by atoms with van der Waals surface area (Å²) in [5, 5.41) is 2.48. The third kappa shape index (κ3) is 4.76. The molecule has 4 rings (SSSR count). The molecular weight excluding hydrogens is 393 g/mol. The normalized spacial score (nSPS) is 14.3. The molecule has 0 bridgehead atoms. The first kappa shape index (κ1) is 21.5. The molecule has 0 unspecified atom stereocenters.